The van der Waals surface area contributed by atoms with Gasteiger partial charge < -0.3 is 25.1 Å². The van der Waals surface area contributed by atoms with E-state index in [1.54, 1.807) is 25.1 Å². The van der Waals surface area contributed by atoms with Gasteiger partial charge >= 0.3 is 6.18 Å². The number of ether oxygens (including phenoxy) is 2. The van der Waals surface area contributed by atoms with Gasteiger partial charge in [0, 0.05) is 12.7 Å². The molecular weight excluding hydrogens is 363 g/mol. The summed E-state index contributed by atoms with van der Waals surface area (Å²) < 4.78 is 50.9. The Morgan fingerprint density at radius 1 is 1.19 bits per heavy atom. The maximum atomic E-state index is 13.3. The minimum absolute atomic E-state index is 0.0812. The average Bonchev–Trinajstić information content (AvgIpc) is 3.07. The molecule has 1 aliphatic heterocycles. The molecule has 3 aromatic rings. The zero-order valence-electron chi connectivity index (χ0n) is 14.3. The van der Waals surface area contributed by atoms with E-state index < -0.39 is 11.7 Å². The number of aromatic amines is 1. The van der Waals surface area contributed by atoms with Crippen LogP contribution >= 0.6 is 0 Å². The molecule has 0 saturated heterocycles. The van der Waals surface area contributed by atoms with Crippen LogP contribution < -0.4 is 20.1 Å². The number of H-pyrrole nitrogens is 1. The first-order valence-electron chi connectivity index (χ1n) is 8.33. The summed E-state index contributed by atoms with van der Waals surface area (Å²) in [7, 11) is 0. The van der Waals surface area contributed by atoms with Gasteiger partial charge in [-0.25, -0.2) is 0 Å². The van der Waals surface area contributed by atoms with E-state index in [0.29, 0.717) is 36.9 Å². The Labute approximate surface area is 151 Å². The van der Waals surface area contributed by atoms with Gasteiger partial charge in [-0.05, 0) is 19.1 Å². The number of rotatable bonds is 4. The fourth-order valence-corrected chi connectivity index (χ4v) is 2.90. The number of aromatic nitrogens is 3. The molecule has 0 unspecified atom stereocenters. The van der Waals surface area contributed by atoms with Crippen LogP contribution in [0.1, 0.15) is 12.5 Å². The third kappa shape index (κ3) is 3.18. The van der Waals surface area contributed by atoms with Gasteiger partial charge in [-0.15, -0.1) is 0 Å². The van der Waals surface area contributed by atoms with Crippen LogP contribution in [-0.2, 0) is 6.18 Å². The summed E-state index contributed by atoms with van der Waals surface area (Å²) in [6, 6.07) is 5.30. The molecule has 4 rings (SSSR count). The van der Waals surface area contributed by atoms with Gasteiger partial charge in [0.25, 0.3) is 0 Å². The number of hydrogen-bond acceptors (Lipinski definition) is 6. The normalized spacial score (nSPS) is 13.6. The monoisotopic (exact) mass is 379 g/mol. The molecule has 0 aliphatic carbocycles. The number of nitrogens with one attached hydrogen (secondary N) is 3. The molecule has 0 amide bonds. The molecule has 3 N–H and O–H groups in total. The molecule has 0 fully saturated rings. The van der Waals surface area contributed by atoms with Gasteiger partial charge in [0.05, 0.1) is 16.6 Å². The van der Waals surface area contributed by atoms with E-state index in [9.17, 15) is 13.2 Å². The fraction of sp³-hybridized carbons (Fsp3) is 0.294. The zero-order chi connectivity index (χ0) is 19.0. The molecule has 0 saturated carbocycles. The molecular formula is C17H16F3N5O2. The van der Waals surface area contributed by atoms with Crippen LogP contribution in [0, 0.1) is 0 Å². The van der Waals surface area contributed by atoms with Crippen molar-refractivity contribution in [2.45, 2.75) is 13.1 Å². The highest BCUT2D eigenvalue weighted by Gasteiger charge is 2.35. The van der Waals surface area contributed by atoms with Crippen LogP contribution in [0.25, 0.3) is 11.0 Å². The molecule has 1 aromatic carbocycles. The summed E-state index contributed by atoms with van der Waals surface area (Å²) in [5.74, 6) is 1.33. The summed E-state index contributed by atoms with van der Waals surface area (Å²) >= 11 is 0. The minimum Gasteiger partial charge on any atom is -0.486 e. The highest BCUT2D eigenvalue weighted by atomic mass is 19.4. The number of para-hydroxylation sites is 1. The number of hydrogen-bond donors (Lipinski definition) is 3. The van der Waals surface area contributed by atoms with Crippen molar-refractivity contribution >= 4 is 28.5 Å². The van der Waals surface area contributed by atoms with E-state index in [1.165, 1.54) is 0 Å². The molecule has 0 atom stereocenters. The number of benzene rings is 1. The lowest BCUT2D eigenvalue weighted by Gasteiger charge is -2.21. The molecule has 0 spiro atoms. The standard InChI is InChI=1S/C17H16F3N5O2/c1-2-21-14-12-9(17(18,19)20)8-22-15(12)25-16(24-14)23-10-4-3-5-11-13(10)27-7-6-26-11/h3-5,8H,2,6-7H2,1H3,(H3,21,22,23,24,25). The third-order valence-corrected chi connectivity index (χ3v) is 3.99. The quantitative estimate of drug-likeness (QED) is 0.637. The second-order valence-electron chi connectivity index (χ2n) is 5.80. The van der Waals surface area contributed by atoms with Crippen molar-refractivity contribution in [1.29, 1.82) is 0 Å². The molecule has 7 nitrogen and oxygen atoms in total. The molecule has 142 valence electrons. The van der Waals surface area contributed by atoms with Crippen LogP contribution in [0.3, 0.4) is 0 Å². The topological polar surface area (TPSA) is 84.1 Å². The first-order valence-corrected chi connectivity index (χ1v) is 8.33. The van der Waals surface area contributed by atoms with Crippen LogP contribution in [0.4, 0.5) is 30.6 Å². The summed E-state index contributed by atoms with van der Waals surface area (Å²) in [5, 5.41) is 5.78. The van der Waals surface area contributed by atoms with Gasteiger partial charge in [-0.2, -0.15) is 23.1 Å². The Balaban J connectivity index is 1.78. The molecule has 27 heavy (non-hydrogen) atoms. The third-order valence-electron chi connectivity index (χ3n) is 3.99. The van der Waals surface area contributed by atoms with E-state index in [-0.39, 0.29) is 22.8 Å². The van der Waals surface area contributed by atoms with E-state index in [1.807, 2.05) is 0 Å². The van der Waals surface area contributed by atoms with E-state index in [2.05, 4.69) is 25.6 Å². The lowest BCUT2D eigenvalue weighted by molar-refractivity contribution is -0.136. The largest absolute Gasteiger partial charge is 0.486 e. The van der Waals surface area contributed by atoms with Crippen LogP contribution in [0.5, 0.6) is 11.5 Å². The second kappa shape index (κ2) is 6.53. The molecule has 1 aliphatic rings. The average molecular weight is 379 g/mol. The minimum atomic E-state index is -4.51. The molecule has 3 heterocycles. The summed E-state index contributed by atoms with van der Waals surface area (Å²) in [5.41, 5.74) is -0.164. The maximum absolute atomic E-state index is 13.3. The predicted octanol–water partition coefficient (Wildman–Crippen LogP) is 3.92. The van der Waals surface area contributed by atoms with Crippen molar-refractivity contribution in [1.82, 2.24) is 15.0 Å². The highest BCUT2D eigenvalue weighted by molar-refractivity contribution is 5.92. The lowest BCUT2D eigenvalue weighted by atomic mass is 10.2. The van der Waals surface area contributed by atoms with Gasteiger partial charge in [0.2, 0.25) is 5.95 Å². The van der Waals surface area contributed by atoms with Gasteiger partial charge in [0.1, 0.15) is 24.7 Å². The van der Waals surface area contributed by atoms with E-state index in [4.69, 9.17) is 9.47 Å². The lowest BCUT2D eigenvalue weighted by Crippen LogP contribution is -2.16. The summed E-state index contributed by atoms with van der Waals surface area (Å²) in [6.45, 7) is 3.04. The van der Waals surface area contributed by atoms with Crippen LogP contribution in [-0.4, -0.2) is 34.7 Å². The Morgan fingerprint density at radius 2 is 2.00 bits per heavy atom. The van der Waals surface area contributed by atoms with Crippen molar-refractivity contribution in [3.63, 3.8) is 0 Å². The summed E-state index contributed by atoms with van der Waals surface area (Å²) in [6.07, 6.45) is -3.62. The molecule has 0 radical (unpaired) electrons. The smallest absolute Gasteiger partial charge is 0.418 e. The molecule has 10 heteroatoms. The van der Waals surface area contributed by atoms with Crippen molar-refractivity contribution in [2.24, 2.45) is 0 Å². The number of anilines is 3. The maximum Gasteiger partial charge on any atom is 0.418 e. The Hall–Kier alpha value is -3.17. The highest BCUT2D eigenvalue weighted by Crippen LogP contribution is 2.40. The van der Waals surface area contributed by atoms with Crippen molar-refractivity contribution < 1.29 is 22.6 Å². The zero-order valence-corrected chi connectivity index (χ0v) is 14.3. The Bertz CT molecular complexity index is 987. The number of halogens is 3. The first-order chi connectivity index (χ1) is 13.0. The van der Waals surface area contributed by atoms with E-state index in [0.717, 1.165) is 6.20 Å². The number of nitrogens with zero attached hydrogens (tertiary/aromatic N) is 2. The van der Waals surface area contributed by atoms with E-state index >= 15 is 0 Å². The van der Waals surface area contributed by atoms with Crippen molar-refractivity contribution in [3.8, 4) is 11.5 Å². The van der Waals surface area contributed by atoms with Crippen molar-refractivity contribution in [2.75, 3.05) is 30.4 Å². The van der Waals surface area contributed by atoms with Gasteiger partial charge in [0.15, 0.2) is 11.5 Å². The summed E-state index contributed by atoms with van der Waals surface area (Å²) in [4.78, 5) is 11.0. The second-order valence-corrected chi connectivity index (χ2v) is 5.80. The fourth-order valence-electron chi connectivity index (χ4n) is 2.90. The Morgan fingerprint density at radius 3 is 2.78 bits per heavy atom. The van der Waals surface area contributed by atoms with Gasteiger partial charge in [-0.1, -0.05) is 6.07 Å². The first kappa shape index (κ1) is 17.3. The van der Waals surface area contributed by atoms with Crippen LogP contribution in [0.2, 0.25) is 0 Å². The van der Waals surface area contributed by atoms with Gasteiger partial charge in [-0.3, -0.25) is 0 Å². The predicted molar refractivity (Wildman–Crippen MR) is 93.8 cm³/mol. The number of alkyl halides is 3. The Kier molecular flexibility index (Phi) is 4.17. The van der Waals surface area contributed by atoms with Crippen molar-refractivity contribution in [3.05, 3.63) is 30.0 Å². The SMILES string of the molecule is CCNc1nc(Nc2cccc3c2OCCO3)nc2[nH]cc(C(F)(F)F)c12. The molecule has 2 aromatic heterocycles. The molecule has 0 bridgehead atoms. The number of fused-ring (bicyclic) bond motifs is 2. The van der Waals surface area contributed by atoms with Crippen LogP contribution in [0.15, 0.2) is 24.4 Å².